The Labute approximate surface area is 91.9 Å². The molecule has 0 aliphatic rings. The van der Waals surface area contributed by atoms with Crippen molar-refractivity contribution in [3.63, 3.8) is 0 Å². The molecule has 0 aromatic heterocycles. The summed E-state index contributed by atoms with van der Waals surface area (Å²) in [4.78, 5) is 0. The van der Waals surface area contributed by atoms with Crippen molar-refractivity contribution in [3.8, 4) is 0 Å². The second-order valence-electron chi connectivity index (χ2n) is 4.23. The normalized spacial score (nSPS) is 17.4. The summed E-state index contributed by atoms with van der Waals surface area (Å²) in [6.07, 6.45) is 2.72. The molecule has 1 N–H and O–H groups in total. The maximum Gasteiger partial charge on any atom is 0.128 e. The van der Waals surface area contributed by atoms with E-state index in [-0.39, 0.29) is 18.4 Å². The largest absolute Gasteiger partial charge is 0.393 e. The van der Waals surface area contributed by atoms with Crippen LogP contribution in [0.15, 0.2) is 0 Å². The van der Waals surface area contributed by atoms with Gasteiger partial charge in [-0.25, -0.2) is 8.78 Å². The number of alkyl halides is 2. The summed E-state index contributed by atoms with van der Waals surface area (Å²) in [5.41, 5.74) is 0. The van der Waals surface area contributed by atoms with Gasteiger partial charge >= 0.3 is 0 Å². The highest BCUT2D eigenvalue weighted by molar-refractivity contribution is 4.70. The van der Waals surface area contributed by atoms with E-state index < -0.39 is 12.8 Å². The van der Waals surface area contributed by atoms with Crippen molar-refractivity contribution in [1.82, 2.24) is 0 Å². The molecule has 0 aromatic rings. The molecule has 15 heavy (non-hydrogen) atoms. The van der Waals surface area contributed by atoms with Crippen LogP contribution in [-0.4, -0.2) is 24.1 Å². The zero-order valence-electron chi connectivity index (χ0n) is 9.88. The molecule has 92 valence electrons. The predicted octanol–water partition coefficient (Wildman–Crippen LogP) is 3.65. The van der Waals surface area contributed by atoms with Crippen LogP contribution in [0.2, 0.25) is 0 Å². The molecule has 0 rings (SSSR count). The van der Waals surface area contributed by atoms with E-state index in [0.29, 0.717) is 6.42 Å². The van der Waals surface area contributed by atoms with Gasteiger partial charge in [0.15, 0.2) is 0 Å². The van der Waals surface area contributed by atoms with Gasteiger partial charge in [-0.05, 0) is 31.6 Å². The SMILES string of the molecule is CCCC(O)C(CCC)CCC(F)CF. The first kappa shape index (κ1) is 14.8. The molecule has 3 heteroatoms. The minimum absolute atomic E-state index is 0.139. The van der Waals surface area contributed by atoms with Gasteiger partial charge in [-0.3, -0.25) is 0 Å². The van der Waals surface area contributed by atoms with Crippen LogP contribution < -0.4 is 0 Å². The van der Waals surface area contributed by atoms with Gasteiger partial charge in [-0.2, -0.15) is 0 Å². The topological polar surface area (TPSA) is 20.2 Å². The average Bonchev–Trinajstić information content (AvgIpc) is 2.23. The lowest BCUT2D eigenvalue weighted by atomic mass is 9.89. The Morgan fingerprint density at radius 3 is 2.07 bits per heavy atom. The molecule has 0 aliphatic carbocycles. The lowest BCUT2D eigenvalue weighted by molar-refractivity contribution is 0.0803. The highest BCUT2D eigenvalue weighted by Gasteiger charge is 2.19. The molecule has 0 amide bonds. The van der Waals surface area contributed by atoms with Crippen LogP contribution in [0.4, 0.5) is 8.78 Å². The minimum Gasteiger partial charge on any atom is -0.393 e. The third-order valence-corrected chi connectivity index (χ3v) is 2.81. The van der Waals surface area contributed by atoms with Crippen LogP contribution in [0.25, 0.3) is 0 Å². The first-order valence-corrected chi connectivity index (χ1v) is 6.03. The van der Waals surface area contributed by atoms with Crippen molar-refractivity contribution in [2.75, 3.05) is 6.67 Å². The van der Waals surface area contributed by atoms with Gasteiger partial charge in [0, 0.05) is 0 Å². The minimum atomic E-state index is -1.35. The van der Waals surface area contributed by atoms with E-state index in [1.807, 2.05) is 13.8 Å². The first-order valence-electron chi connectivity index (χ1n) is 6.03. The Hall–Kier alpha value is -0.180. The highest BCUT2D eigenvalue weighted by atomic mass is 19.2. The summed E-state index contributed by atoms with van der Waals surface area (Å²) in [6.45, 7) is 3.17. The van der Waals surface area contributed by atoms with E-state index in [4.69, 9.17) is 0 Å². The summed E-state index contributed by atoms with van der Waals surface area (Å²) >= 11 is 0. The van der Waals surface area contributed by atoms with Crippen LogP contribution in [0.1, 0.15) is 52.4 Å². The summed E-state index contributed by atoms with van der Waals surface area (Å²) < 4.78 is 24.7. The van der Waals surface area contributed by atoms with E-state index in [1.165, 1.54) is 0 Å². The maximum atomic E-state index is 12.7. The number of rotatable bonds is 9. The fourth-order valence-corrected chi connectivity index (χ4v) is 1.90. The average molecular weight is 222 g/mol. The molecule has 3 atom stereocenters. The Balaban J connectivity index is 3.91. The van der Waals surface area contributed by atoms with Gasteiger partial charge in [0.2, 0.25) is 0 Å². The molecular weight excluding hydrogens is 198 g/mol. The molecule has 3 unspecified atom stereocenters. The van der Waals surface area contributed by atoms with Gasteiger partial charge in [-0.1, -0.05) is 26.7 Å². The molecule has 0 aromatic carbocycles. The zero-order chi connectivity index (χ0) is 11.7. The standard InChI is InChI=1S/C12H24F2O/c1-3-5-10(12(15)6-4-2)7-8-11(14)9-13/h10-12,15H,3-9H2,1-2H3. The van der Waals surface area contributed by atoms with Gasteiger partial charge in [0.1, 0.15) is 12.8 Å². The number of halogens is 2. The quantitative estimate of drug-likeness (QED) is 0.631. The predicted molar refractivity (Wildman–Crippen MR) is 59.4 cm³/mol. The number of hydrogen-bond donors (Lipinski definition) is 1. The lowest BCUT2D eigenvalue weighted by Gasteiger charge is -2.22. The molecule has 0 bridgehead atoms. The zero-order valence-corrected chi connectivity index (χ0v) is 9.88. The van der Waals surface area contributed by atoms with Crippen molar-refractivity contribution < 1.29 is 13.9 Å². The Morgan fingerprint density at radius 2 is 1.60 bits per heavy atom. The second kappa shape index (κ2) is 9.08. The molecule has 0 fully saturated rings. The van der Waals surface area contributed by atoms with Crippen molar-refractivity contribution in [1.29, 1.82) is 0 Å². The van der Waals surface area contributed by atoms with E-state index in [9.17, 15) is 13.9 Å². The Morgan fingerprint density at radius 1 is 1.00 bits per heavy atom. The monoisotopic (exact) mass is 222 g/mol. The van der Waals surface area contributed by atoms with Gasteiger partial charge < -0.3 is 5.11 Å². The fraction of sp³-hybridized carbons (Fsp3) is 1.00. The summed E-state index contributed by atoms with van der Waals surface area (Å²) in [5, 5.41) is 9.81. The van der Waals surface area contributed by atoms with E-state index in [1.54, 1.807) is 0 Å². The van der Waals surface area contributed by atoms with Crippen LogP contribution in [0.5, 0.6) is 0 Å². The number of hydrogen-bond acceptors (Lipinski definition) is 1. The molecule has 0 saturated carbocycles. The number of aliphatic hydroxyl groups excluding tert-OH is 1. The smallest absolute Gasteiger partial charge is 0.128 e. The lowest BCUT2D eigenvalue weighted by Crippen LogP contribution is -2.21. The van der Waals surface area contributed by atoms with E-state index >= 15 is 0 Å². The van der Waals surface area contributed by atoms with Crippen molar-refractivity contribution in [2.45, 2.75) is 64.6 Å². The maximum absolute atomic E-state index is 12.7. The summed E-state index contributed by atoms with van der Waals surface area (Å²) in [7, 11) is 0. The third kappa shape index (κ3) is 6.82. The summed E-state index contributed by atoms with van der Waals surface area (Å²) in [5.74, 6) is 0.139. The van der Waals surface area contributed by atoms with Crippen LogP contribution >= 0.6 is 0 Å². The van der Waals surface area contributed by atoms with Crippen molar-refractivity contribution in [3.05, 3.63) is 0 Å². The number of aliphatic hydroxyl groups is 1. The van der Waals surface area contributed by atoms with Crippen LogP contribution in [0.3, 0.4) is 0 Å². The first-order chi connectivity index (χ1) is 7.15. The summed E-state index contributed by atoms with van der Waals surface area (Å²) in [6, 6.07) is 0. The Bertz CT molecular complexity index is 142. The van der Waals surface area contributed by atoms with E-state index in [2.05, 4.69) is 0 Å². The van der Waals surface area contributed by atoms with E-state index in [0.717, 1.165) is 25.7 Å². The fourth-order valence-electron chi connectivity index (χ4n) is 1.90. The second-order valence-corrected chi connectivity index (χ2v) is 4.23. The van der Waals surface area contributed by atoms with Crippen molar-refractivity contribution in [2.24, 2.45) is 5.92 Å². The highest BCUT2D eigenvalue weighted by Crippen LogP contribution is 2.22. The van der Waals surface area contributed by atoms with Crippen LogP contribution in [0, 0.1) is 5.92 Å². The Kier molecular flexibility index (Phi) is 8.97. The molecule has 0 aliphatic heterocycles. The van der Waals surface area contributed by atoms with Gasteiger partial charge in [-0.15, -0.1) is 0 Å². The third-order valence-electron chi connectivity index (χ3n) is 2.81. The molecule has 0 heterocycles. The molecule has 1 nitrogen and oxygen atoms in total. The molecule has 0 saturated heterocycles. The van der Waals surface area contributed by atoms with Crippen LogP contribution in [-0.2, 0) is 0 Å². The van der Waals surface area contributed by atoms with Crippen molar-refractivity contribution >= 4 is 0 Å². The van der Waals surface area contributed by atoms with Gasteiger partial charge in [0.25, 0.3) is 0 Å². The molecular formula is C12H24F2O. The van der Waals surface area contributed by atoms with Gasteiger partial charge in [0.05, 0.1) is 6.10 Å². The molecule has 0 spiro atoms. The molecule has 0 radical (unpaired) electrons.